The van der Waals surface area contributed by atoms with E-state index < -0.39 is 0 Å². The molecule has 0 aliphatic carbocycles. The molecule has 0 atom stereocenters. The highest BCUT2D eigenvalue weighted by Crippen LogP contribution is 2.40. The molecule has 4 heteroatoms. The second-order valence-corrected chi connectivity index (χ2v) is 4.95. The van der Waals surface area contributed by atoms with E-state index in [0.29, 0.717) is 22.7 Å². The molecule has 120 valence electrons. The smallest absolute Gasteiger partial charge is 0.170 e. The second kappa shape index (κ2) is 17.8. The molecule has 0 aromatic rings. The quantitative estimate of drug-likeness (QED) is 0.600. The lowest BCUT2D eigenvalue weighted by Crippen LogP contribution is -2.03. The van der Waals surface area contributed by atoms with Crippen LogP contribution in [0.2, 0.25) is 0 Å². The van der Waals surface area contributed by atoms with E-state index in [1.165, 1.54) is 23.5 Å². The molecule has 0 radical (unpaired) electrons. The molecule has 1 aliphatic rings. The largest absolute Gasteiger partial charge is 0.294 e. The summed E-state index contributed by atoms with van der Waals surface area (Å²) < 4.78 is 0. The predicted molar refractivity (Wildman–Crippen MR) is 98.1 cm³/mol. The molecule has 1 aliphatic heterocycles. The molecule has 0 aromatic heterocycles. The van der Waals surface area contributed by atoms with Crippen LogP contribution in [0.15, 0.2) is 9.81 Å². The standard InChI is InChI=1S/C9H12O2S2.6CH4/c1-3-6(10)8-9(7(11)4-2)13-5-12-8;;;;;;/h3-5H2,1-2H3;6*1H4. The topological polar surface area (TPSA) is 34.1 Å². The summed E-state index contributed by atoms with van der Waals surface area (Å²) in [5.41, 5.74) is 0. The Morgan fingerprint density at radius 2 is 1.05 bits per heavy atom. The van der Waals surface area contributed by atoms with Gasteiger partial charge in [-0.1, -0.05) is 58.4 Å². The minimum Gasteiger partial charge on any atom is -0.294 e. The van der Waals surface area contributed by atoms with Gasteiger partial charge in [0.1, 0.15) is 0 Å². The zero-order valence-electron chi connectivity index (χ0n) is 7.75. The van der Waals surface area contributed by atoms with Crippen molar-refractivity contribution in [3.8, 4) is 0 Å². The van der Waals surface area contributed by atoms with Crippen molar-refractivity contribution in [3.63, 3.8) is 0 Å². The summed E-state index contributed by atoms with van der Waals surface area (Å²) in [5.74, 6) is 0.207. The van der Waals surface area contributed by atoms with Crippen molar-refractivity contribution in [2.45, 2.75) is 71.2 Å². The number of ketones is 2. The maximum absolute atomic E-state index is 11.4. The zero-order chi connectivity index (χ0) is 9.84. The zero-order valence-corrected chi connectivity index (χ0v) is 9.39. The molecule has 2 nitrogen and oxygen atoms in total. The van der Waals surface area contributed by atoms with Gasteiger partial charge in [0.2, 0.25) is 0 Å². The van der Waals surface area contributed by atoms with Gasteiger partial charge in [-0.3, -0.25) is 9.59 Å². The van der Waals surface area contributed by atoms with E-state index in [0.717, 1.165) is 5.08 Å². The lowest BCUT2D eigenvalue weighted by molar-refractivity contribution is -0.116. The maximum atomic E-state index is 11.4. The monoisotopic (exact) mass is 312 g/mol. The van der Waals surface area contributed by atoms with Gasteiger partial charge in [0, 0.05) is 17.9 Å². The summed E-state index contributed by atoms with van der Waals surface area (Å²) in [4.78, 5) is 24.2. The van der Waals surface area contributed by atoms with Crippen LogP contribution in [0.25, 0.3) is 0 Å². The number of rotatable bonds is 4. The predicted octanol–water partition coefficient (Wildman–Crippen LogP) is 6.41. The van der Waals surface area contributed by atoms with Crippen LogP contribution in [0, 0.1) is 0 Å². The van der Waals surface area contributed by atoms with Gasteiger partial charge in [-0.15, -0.1) is 23.5 Å². The van der Waals surface area contributed by atoms with E-state index in [1.54, 1.807) is 0 Å². The van der Waals surface area contributed by atoms with Gasteiger partial charge in [0.15, 0.2) is 11.6 Å². The lowest BCUT2D eigenvalue weighted by Gasteiger charge is -2.00. The van der Waals surface area contributed by atoms with Crippen LogP contribution >= 0.6 is 23.5 Å². The first-order valence-electron chi connectivity index (χ1n) is 4.27. The third-order valence-electron chi connectivity index (χ3n) is 1.76. The molecule has 0 N–H and O–H groups in total. The fourth-order valence-corrected chi connectivity index (χ4v) is 3.65. The first-order chi connectivity index (χ1) is 6.20. The van der Waals surface area contributed by atoms with Crippen LogP contribution in [0.1, 0.15) is 71.2 Å². The number of hydrogen-bond acceptors (Lipinski definition) is 4. The summed E-state index contributed by atoms with van der Waals surface area (Å²) in [6.45, 7) is 3.65. The van der Waals surface area contributed by atoms with Crippen molar-refractivity contribution in [1.82, 2.24) is 0 Å². The van der Waals surface area contributed by atoms with Crippen LogP contribution < -0.4 is 0 Å². The fraction of sp³-hybridized carbons (Fsp3) is 0.733. The third-order valence-corrected chi connectivity index (χ3v) is 4.27. The van der Waals surface area contributed by atoms with Gasteiger partial charge in [-0.05, 0) is 0 Å². The van der Waals surface area contributed by atoms with Gasteiger partial charge in [0.25, 0.3) is 0 Å². The molecular weight excluding hydrogens is 276 g/mol. The Balaban J connectivity index is -0.0000000704. The number of Topliss-reactive ketones (excluding diaryl/α,β-unsaturated/α-hetero) is 2. The Morgan fingerprint density at radius 3 is 1.26 bits per heavy atom. The van der Waals surface area contributed by atoms with Crippen molar-refractivity contribution in [1.29, 1.82) is 0 Å². The highest BCUT2D eigenvalue weighted by Gasteiger charge is 2.24. The van der Waals surface area contributed by atoms with Crippen molar-refractivity contribution in [2.24, 2.45) is 0 Å². The van der Waals surface area contributed by atoms with E-state index >= 15 is 0 Å². The van der Waals surface area contributed by atoms with Crippen LogP contribution in [-0.4, -0.2) is 16.7 Å². The number of carbonyl (C=O) groups excluding carboxylic acids is 2. The Morgan fingerprint density at radius 1 is 0.789 bits per heavy atom. The molecule has 0 saturated heterocycles. The summed E-state index contributed by atoms with van der Waals surface area (Å²) in [5, 5.41) is 0.808. The first kappa shape index (κ1) is 36.3. The van der Waals surface area contributed by atoms with Gasteiger partial charge in [-0.25, -0.2) is 0 Å². The number of allylic oxidation sites excluding steroid dienone is 2. The molecule has 0 bridgehead atoms. The highest BCUT2D eigenvalue weighted by molar-refractivity contribution is 8.23. The van der Waals surface area contributed by atoms with E-state index in [2.05, 4.69) is 0 Å². The molecule has 0 saturated carbocycles. The van der Waals surface area contributed by atoms with Crippen LogP contribution in [0.5, 0.6) is 0 Å². The van der Waals surface area contributed by atoms with Crippen molar-refractivity contribution in [3.05, 3.63) is 9.81 Å². The minimum absolute atomic E-state index is 0. The van der Waals surface area contributed by atoms with Gasteiger partial charge in [0.05, 0.1) is 9.81 Å². The molecule has 0 amide bonds. The fourth-order valence-electron chi connectivity index (χ4n) is 1.01. The van der Waals surface area contributed by atoms with Crippen LogP contribution in [-0.2, 0) is 9.59 Å². The summed E-state index contributed by atoms with van der Waals surface area (Å²) in [6, 6.07) is 0. The lowest BCUT2D eigenvalue weighted by atomic mass is 10.2. The summed E-state index contributed by atoms with van der Waals surface area (Å²) in [6.07, 6.45) is 0.979. The summed E-state index contributed by atoms with van der Waals surface area (Å²) >= 11 is 3.00. The van der Waals surface area contributed by atoms with Gasteiger partial charge in [-0.2, -0.15) is 0 Å². The number of carbonyl (C=O) groups is 2. The highest BCUT2D eigenvalue weighted by atomic mass is 32.2. The molecule has 0 fully saturated rings. The maximum Gasteiger partial charge on any atom is 0.170 e. The molecule has 0 aromatic carbocycles. The molecule has 19 heavy (non-hydrogen) atoms. The van der Waals surface area contributed by atoms with Gasteiger partial charge >= 0.3 is 0 Å². The Bertz CT molecular complexity index is 245. The Labute approximate surface area is 131 Å². The minimum atomic E-state index is 0. The third kappa shape index (κ3) is 9.33. The van der Waals surface area contributed by atoms with Crippen LogP contribution in [0.4, 0.5) is 0 Å². The second-order valence-electron chi connectivity index (χ2n) is 2.62. The van der Waals surface area contributed by atoms with Gasteiger partial charge < -0.3 is 0 Å². The number of thioether (sulfide) groups is 2. The normalized spacial score (nSPS) is 11.3. The molecule has 0 unspecified atom stereocenters. The first-order valence-corrected chi connectivity index (χ1v) is 6.24. The Kier molecular flexibility index (Phi) is 34.0. The molecular formula is C15H36O2S2. The average Bonchev–Trinajstić information content (AvgIpc) is 2.63. The Hall–Kier alpha value is -0.220. The van der Waals surface area contributed by atoms with Crippen molar-refractivity contribution >= 4 is 35.1 Å². The SMILES string of the molecule is C.C.C.C.C.C.CCC(=O)C1=C(C(=O)CC)SCS1. The molecule has 1 rings (SSSR count). The van der Waals surface area contributed by atoms with E-state index in [1.807, 2.05) is 13.8 Å². The van der Waals surface area contributed by atoms with Crippen molar-refractivity contribution < 1.29 is 9.59 Å². The molecule has 1 heterocycles. The summed E-state index contributed by atoms with van der Waals surface area (Å²) in [7, 11) is 0. The van der Waals surface area contributed by atoms with E-state index in [4.69, 9.17) is 0 Å². The number of hydrogen-bond donors (Lipinski definition) is 0. The van der Waals surface area contributed by atoms with E-state index in [9.17, 15) is 9.59 Å². The van der Waals surface area contributed by atoms with Crippen LogP contribution in [0.3, 0.4) is 0 Å². The molecule has 0 spiro atoms. The van der Waals surface area contributed by atoms with Crippen molar-refractivity contribution in [2.75, 3.05) is 5.08 Å². The van der Waals surface area contributed by atoms with E-state index in [-0.39, 0.29) is 56.1 Å². The average molecular weight is 313 g/mol.